The Morgan fingerprint density at radius 2 is 2.00 bits per heavy atom. The van der Waals surface area contributed by atoms with Crippen molar-refractivity contribution in [2.24, 2.45) is 0 Å². The molecule has 96 valence electrons. The summed E-state index contributed by atoms with van der Waals surface area (Å²) in [7, 11) is 0. The molecule has 0 unspecified atom stereocenters. The van der Waals surface area contributed by atoms with Crippen LogP contribution in [0, 0.1) is 0 Å². The second-order valence-corrected chi connectivity index (χ2v) is 4.68. The van der Waals surface area contributed by atoms with Gasteiger partial charge in [-0.2, -0.15) is 0 Å². The quantitative estimate of drug-likeness (QED) is 0.886. The van der Waals surface area contributed by atoms with Crippen LogP contribution in [-0.4, -0.2) is 22.1 Å². The van der Waals surface area contributed by atoms with Crippen molar-refractivity contribution >= 4 is 5.91 Å². The van der Waals surface area contributed by atoms with Crippen LogP contribution < -0.4 is 0 Å². The third-order valence-electron chi connectivity index (χ3n) is 3.40. The number of hydrogen-bond acceptors (Lipinski definition) is 2. The van der Waals surface area contributed by atoms with Crippen LogP contribution in [0.3, 0.4) is 0 Å². The molecule has 1 amide bonds. The van der Waals surface area contributed by atoms with E-state index in [-0.39, 0.29) is 11.9 Å². The summed E-state index contributed by atoms with van der Waals surface area (Å²) in [4.78, 5) is 13.5. The van der Waals surface area contributed by atoms with Gasteiger partial charge in [-0.3, -0.25) is 4.79 Å². The predicted octanol–water partition coefficient (Wildman–Crippen LogP) is 2.63. The van der Waals surface area contributed by atoms with Crippen molar-refractivity contribution in [1.82, 2.24) is 4.90 Å². The van der Waals surface area contributed by atoms with Crippen LogP contribution in [0.15, 0.2) is 42.0 Å². The first-order chi connectivity index (χ1) is 8.65. The van der Waals surface area contributed by atoms with Crippen molar-refractivity contribution < 1.29 is 9.90 Å². The molecule has 0 radical (unpaired) electrons. The maximum absolute atomic E-state index is 12.0. The second-order valence-electron chi connectivity index (χ2n) is 4.68. The molecule has 1 aromatic carbocycles. The first kappa shape index (κ1) is 12.8. The minimum atomic E-state index is -0.771. The smallest absolute Gasteiger partial charge is 0.249 e. The number of hydrogen-bond donors (Lipinski definition) is 1. The minimum Gasteiger partial charge on any atom is -0.369 e. The average molecular weight is 245 g/mol. The molecule has 1 heterocycles. The lowest BCUT2D eigenvalue weighted by Gasteiger charge is -2.29. The SMILES string of the molecule is CCCC1=CC(=O)N([C@@H](C)c2ccccc2)[C@@H]1O. The van der Waals surface area contributed by atoms with Gasteiger partial charge in [0.2, 0.25) is 5.91 Å². The van der Waals surface area contributed by atoms with Crippen molar-refractivity contribution in [3.63, 3.8) is 0 Å². The Labute approximate surface area is 108 Å². The number of aliphatic hydroxyl groups is 1. The van der Waals surface area contributed by atoms with Crippen LogP contribution >= 0.6 is 0 Å². The molecule has 0 aliphatic carbocycles. The molecule has 0 fully saturated rings. The number of aliphatic hydroxyl groups excluding tert-OH is 1. The van der Waals surface area contributed by atoms with Crippen LogP contribution in [0.1, 0.15) is 38.3 Å². The summed E-state index contributed by atoms with van der Waals surface area (Å²) in [5, 5.41) is 10.2. The molecule has 3 heteroatoms. The number of nitrogens with zero attached hydrogens (tertiary/aromatic N) is 1. The third-order valence-corrected chi connectivity index (χ3v) is 3.40. The van der Waals surface area contributed by atoms with E-state index in [1.54, 1.807) is 11.0 Å². The molecule has 18 heavy (non-hydrogen) atoms. The fourth-order valence-corrected chi connectivity index (χ4v) is 2.39. The van der Waals surface area contributed by atoms with Crippen LogP contribution in [-0.2, 0) is 4.79 Å². The van der Waals surface area contributed by atoms with Crippen LogP contribution in [0.2, 0.25) is 0 Å². The Morgan fingerprint density at radius 3 is 2.61 bits per heavy atom. The zero-order chi connectivity index (χ0) is 13.1. The summed E-state index contributed by atoms with van der Waals surface area (Å²) in [6.07, 6.45) is 2.51. The summed E-state index contributed by atoms with van der Waals surface area (Å²) in [6.45, 7) is 3.99. The summed E-state index contributed by atoms with van der Waals surface area (Å²) in [5.74, 6) is -0.0951. The van der Waals surface area contributed by atoms with Crippen molar-refractivity contribution in [1.29, 1.82) is 0 Å². The van der Waals surface area contributed by atoms with Crippen molar-refractivity contribution in [3.05, 3.63) is 47.5 Å². The summed E-state index contributed by atoms with van der Waals surface area (Å²) < 4.78 is 0. The van der Waals surface area contributed by atoms with Gasteiger partial charge in [0.15, 0.2) is 6.23 Å². The fraction of sp³-hybridized carbons (Fsp3) is 0.400. The molecule has 0 aromatic heterocycles. The minimum absolute atomic E-state index is 0.0951. The molecule has 2 rings (SSSR count). The van der Waals surface area contributed by atoms with Gasteiger partial charge in [0.05, 0.1) is 6.04 Å². The molecule has 1 aliphatic heterocycles. The van der Waals surface area contributed by atoms with E-state index in [0.717, 1.165) is 24.0 Å². The molecule has 1 aromatic rings. The maximum atomic E-state index is 12.0. The average Bonchev–Trinajstić information content (AvgIpc) is 2.65. The van der Waals surface area contributed by atoms with Crippen molar-refractivity contribution in [3.8, 4) is 0 Å². The Bertz CT molecular complexity index is 453. The van der Waals surface area contributed by atoms with Crippen molar-refractivity contribution in [2.45, 2.75) is 39.0 Å². The van der Waals surface area contributed by atoms with E-state index in [4.69, 9.17) is 0 Å². The normalized spacial score (nSPS) is 21.1. The largest absolute Gasteiger partial charge is 0.369 e. The molecule has 2 atom stereocenters. The Kier molecular flexibility index (Phi) is 3.82. The molecule has 1 N–H and O–H groups in total. The monoisotopic (exact) mass is 245 g/mol. The zero-order valence-corrected chi connectivity index (χ0v) is 10.8. The van der Waals surface area contributed by atoms with Crippen LogP contribution in [0.5, 0.6) is 0 Å². The highest BCUT2D eigenvalue weighted by atomic mass is 16.3. The number of carbonyl (C=O) groups is 1. The van der Waals surface area contributed by atoms with Crippen LogP contribution in [0.4, 0.5) is 0 Å². The fourth-order valence-electron chi connectivity index (χ4n) is 2.39. The van der Waals surface area contributed by atoms with Gasteiger partial charge in [0.25, 0.3) is 0 Å². The van der Waals surface area contributed by atoms with E-state index >= 15 is 0 Å². The number of amides is 1. The second kappa shape index (κ2) is 5.36. The van der Waals surface area contributed by atoms with E-state index in [0.29, 0.717) is 0 Å². The highest BCUT2D eigenvalue weighted by Crippen LogP contribution is 2.30. The van der Waals surface area contributed by atoms with E-state index in [1.807, 2.05) is 44.2 Å². The molecule has 0 spiro atoms. The van der Waals surface area contributed by atoms with Crippen LogP contribution in [0.25, 0.3) is 0 Å². The molecular weight excluding hydrogens is 226 g/mol. The van der Waals surface area contributed by atoms with Gasteiger partial charge in [-0.05, 0) is 24.5 Å². The summed E-state index contributed by atoms with van der Waals surface area (Å²) in [5.41, 5.74) is 1.86. The van der Waals surface area contributed by atoms with Crippen molar-refractivity contribution in [2.75, 3.05) is 0 Å². The lowest BCUT2D eigenvalue weighted by molar-refractivity contribution is -0.134. The highest BCUT2D eigenvalue weighted by molar-refractivity contribution is 5.92. The summed E-state index contributed by atoms with van der Waals surface area (Å²) in [6, 6.07) is 9.67. The third kappa shape index (κ3) is 2.31. The highest BCUT2D eigenvalue weighted by Gasteiger charge is 2.34. The Balaban J connectivity index is 2.18. The first-order valence-corrected chi connectivity index (χ1v) is 6.41. The van der Waals surface area contributed by atoms with E-state index in [2.05, 4.69) is 0 Å². The number of rotatable bonds is 4. The van der Waals surface area contributed by atoms with Gasteiger partial charge >= 0.3 is 0 Å². The molecule has 0 bridgehead atoms. The zero-order valence-electron chi connectivity index (χ0n) is 10.8. The molecule has 3 nitrogen and oxygen atoms in total. The van der Waals surface area contributed by atoms with Gasteiger partial charge in [-0.25, -0.2) is 0 Å². The standard InChI is InChI=1S/C15H19NO2/c1-3-7-13-10-14(17)16(15(13)18)11(2)12-8-5-4-6-9-12/h4-6,8-11,15,18H,3,7H2,1-2H3/t11-,15+/m0/s1. The van der Waals surface area contributed by atoms with Gasteiger partial charge in [0, 0.05) is 6.08 Å². The predicted molar refractivity (Wildman–Crippen MR) is 70.7 cm³/mol. The van der Waals surface area contributed by atoms with E-state index in [9.17, 15) is 9.90 Å². The summed E-state index contributed by atoms with van der Waals surface area (Å²) >= 11 is 0. The van der Waals surface area contributed by atoms with E-state index < -0.39 is 6.23 Å². The molecule has 1 aliphatic rings. The molecule has 0 saturated carbocycles. The Morgan fingerprint density at radius 1 is 1.33 bits per heavy atom. The molecular formula is C15H19NO2. The topological polar surface area (TPSA) is 40.5 Å². The van der Waals surface area contributed by atoms with Gasteiger partial charge < -0.3 is 10.0 Å². The van der Waals surface area contributed by atoms with E-state index in [1.165, 1.54) is 0 Å². The maximum Gasteiger partial charge on any atom is 0.249 e. The Hall–Kier alpha value is -1.61. The lowest BCUT2D eigenvalue weighted by Crippen LogP contribution is -2.37. The van der Waals surface area contributed by atoms with Gasteiger partial charge in [-0.15, -0.1) is 0 Å². The van der Waals surface area contributed by atoms with Gasteiger partial charge in [0.1, 0.15) is 0 Å². The number of carbonyl (C=O) groups excluding carboxylic acids is 1. The lowest BCUT2D eigenvalue weighted by atomic mass is 10.1. The van der Waals surface area contributed by atoms with Gasteiger partial charge in [-0.1, -0.05) is 43.7 Å². The number of benzene rings is 1. The first-order valence-electron chi connectivity index (χ1n) is 6.41. The molecule has 0 saturated heterocycles.